The molecule has 4 rings (SSSR count). The van der Waals surface area contributed by atoms with Gasteiger partial charge in [0.1, 0.15) is 17.3 Å². The van der Waals surface area contributed by atoms with Gasteiger partial charge in [0.25, 0.3) is 0 Å². The molecule has 0 aliphatic carbocycles. The highest BCUT2D eigenvalue weighted by atomic mass is 16.5. The lowest BCUT2D eigenvalue weighted by Gasteiger charge is -2.09. The van der Waals surface area contributed by atoms with Crippen molar-refractivity contribution in [1.82, 2.24) is 9.78 Å². The second-order valence-corrected chi connectivity index (χ2v) is 6.76. The van der Waals surface area contributed by atoms with Crippen LogP contribution in [-0.4, -0.2) is 30.5 Å². The lowest BCUT2D eigenvalue weighted by molar-refractivity contribution is 0.410. The lowest BCUT2D eigenvalue weighted by Crippen LogP contribution is -2.07. The summed E-state index contributed by atoms with van der Waals surface area (Å²) in [4.78, 5) is 0. The largest absolute Gasteiger partial charge is 0.497 e. The number of fused-ring (bicyclic) bond motifs is 1. The summed E-state index contributed by atoms with van der Waals surface area (Å²) in [6.07, 6.45) is 4.15. The van der Waals surface area contributed by atoms with Gasteiger partial charge in [-0.3, -0.25) is 0 Å². The van der Waals surface area contributed by atoms with Crippen LogP contribution >= 0.6 is 0 Å². The van der Waals surface area contributed by atoms with Crippen LogP contribution < -0.4 is 14.8 Å². The summed E-state index contributed by atoms with van der Waals surface area (Å²) in [7, 11) is 3.40. The van der Waals surface area contributed by atoms with Crippen LogP contribution in [0.4, 0.5) is 5.82 Å². The molecule has 2 aromatic carbocycles. The molecule has 1 aliphatic rings. The molecule has 1 aromatic heterocycles. The first-order valence-corrected chi connectivity index (χ1v) is 9.41. The summed E-state index contributed by atoms with van der Waals surface area (Å²) in [5.74, 6) is 2.87. The number of para-hydroxylation sites is 1. The van der Waals surface area contributed by atoms with Gasteiger partial charge in [-0.2, -0.15) is 5.10 Å². The number of hydrogen-bond acceptors (Lipinski definition) is 4. The summed E-state index contributed by atoms with van der Waals surface area (Å²) in [6, 6.07) is 16.2. The van der Waals surface area contributed by atoms with Gasteiger partial charge >= 0.3 is 0 Å². The molecule has 0 unspecified atom stereocenters. The van der Waals surface area contributed by atoms with Crippen molar-refractivity contribution in [2.45, 2.75) is 25.7 Å². The summed E-state index contributed by atoms with van der Waals surface area (Å²) < 4.78 is 12.9. The highest BCUT2D eigenvalue weighted by Gasteiger charge is 2.21. The Morgan fingerprint density at radius 2 is 1.81 bits per heavy atom. The molecular formula is C22H25N3O2. The molecule has 0 radical (unpaired) electrons. The van der Waals surface area contributed by atoms with Crippen molar-refractivity contribution < 1.29 is 9.47 Å². The van der Waals surface area contributed by atoms with E-state index >= 15 is 0 Å². The van der Waals surface area contributed by atoms with Gasteiger partial charge in [-0.05, 0) is 49.6 Å². The number of benzene rings is 2. The first-order valence-electron chi connectivity index (χ1n) is 9.41. The van der Waals surface area contributed by atoms with Crippen LogP contribution in [0.25, 0.3) is 5.69 Å². The van der Waals surface area contributed by atoms with Crippen LogP contribution in [0, 0.1) is 0 Å². The Morgan fingerprint density at radius 1 is 1.00 bits per heavy atom. The van der Waals surface area contributed by atoms with E-state index in [1.165, 1.54) is 18.4 Å². The molecule has 0 bridgehead atoms. The van der Waals surface area contributed by atoms with Crippen molar-refractivity contribution in [1.29, 1.82) is 0 Å². The van der Waals surface area contributed by atoms with Crippen LogP contribution in [0.5, 0.6) is 11.5 Å². The number of nitrogens with one attached hydrogen (secondary N) is 1. The second kappa shape index (κ2) is 7.74. The molecule has 27 heavy (non-hydrogen) atoms. The third-order valence-corrected chi connectivity index (χ3v) is 5.08. The molecule has 0 amide bonds. The number of ether oxygens (including phenoxy) is 2. The first kappa shape index (κ1) is 17.5. The fraction of sp³-hybridized carbons (Fsp3) is 0.318. The van der Waals surface area contributed by atoms with Crippen molar-refractivity contribution >= 4 is 5.82 Å². The van der Waals surface area contributed by atoms with E-state index in [-0.39, 0.29) is 0 Å². The number of nitrogens with zero attached hydrogens (tertiary/aromatic N) is 2. The Balaban J connectivity index is 1.76. The molecule has 1 N–H and O–H groups in total. The molecule has 140 valence electrons. The highest BCUT2D eigenvalue weighted by molar-refractivity contribution is 5.56. The van der Waals surface area contributed by atoms with Gasteiger partial charge in [0.2, 0.25) is 0 Å². The minimum atomic E-state index is 0.761. The number of anilines is 1. The molecule has 0 spiro atoms. The van der Waals surface area contributed by atoms with E-state index in [0.717, 1.165) is 53.6 Å². The molecule has 0 saturated heterocycles. The molecule has 0 fully saturated rings. The Hall–Kier alpha value is -2.95. The summed E-state index contributed by atoms with van der Waals surface area (Å²) in [5, 5.41) is 8.58. The quantitative estimate of drug-likeness (QED) is 0.737. The minimum Gasteiger partial charge on any atom is -0.497 e. The molecule has 1 aliphatic heterocycles. The maximum absolute atomic E-state index is 5.54. The summed E-state index contributed by atoms with van der Waals surface area (Å²) in [5.41, 5.74) is 4.62. The molecule has 2 heterocycles. The third-order valence-electron chi connectivity index (χ3n) is 5.08. The van der Waals surface area contributed by atoms with Crippen molar-refractivity contribution in [3.05, 3.63) is 65.4 Å². The van der Waals surface area contributed by atoms with E-state index in [4.69, 9.17) is 14.6 Å². The van der Waals surface area contributed by atoms with Gasteiger partial charge in [-0.25, -0.2) is 4.68 Å². The zero-order chi connectivity index (χ0) is 18.6. The zero-order valence-electron chi connectivity index (χ0n) is 15.9. The number of aromatic nitrogens is 2. The molecule has 5 nitrogen and oxygen atoms in total. The molecule has 0 saturated carbocycles. The van der Waals surface area contributed by atoms with Gasteiger partial charge in [-0.1, -0.05) is 18.2 Å². The van der Waals surface area contributed by atoms with E-state index in [1.54, 1.807) is 14.2 Å². The lowest BCUT2D eigenvalue weighted by atomic mass is 10.0. The molecule has 5 heteroatoms. The number of methoxy groups -OCH3 is 2. The Morgan fingerprint density at radius 3 is 2.59 bits per heavy atom. The minimum absolute atomic E-state index is 0.761. The number of hydrogen-bond donors (Lipinski definition) is 1. The van der Waals surface area contributed by atoms with E-state index in [2.05, 4.69) is 17.4 Å². The molecule has 0 atom stereocenters. The monoisotopic (exact) mass is 363 g/mol. The highest BCUT2D eigenvalue weighted by Crippen LogP contribution is 2.31. The van der Waals surface area contributed by atoms with E-state index in [0.29, 0.717) is 0 Å². The second-order valence-electron chi connectivity index (χ2n) is 6.76. The molecular weight excluding hydrogens is 338 g/mol. The molecule has 3 aromatic rings. The first-order chi connectivity index (χ1) is 13.3. The summed E-state index contributed by atoms with van der Waals surface area (Å²) >= 11 is 0. The normalized spacial score (nSPS) is 13.4. The van der Waals surface area contributed by atoms with Crippen LogP contribution in [0.2, 0.25) is 0 Å². The Labute approximate surface area is 159 Å². The smallest absolute Gasteiger partial charge is 0.133 e. The van der Waals surface area contributed by atoms with Gasteiger partial charge < -0.3 is 14.8 Å². The van der Waals surface area contributed by atoms with Crippen LogP contribution in [-0.2, 0) is 12.8 Å². The van der Waals surface area contributed by atoms with Crippen LogP contribution in [0.3, 0.4) is 0 Å². The maximum Gasteiger partial charge on any atom is 0.133 e. The standard InChI is InChI=1S/C22H25N3O2/c1-26-18-12-10-17(11-13-18)25-22-19(8-5-6-14-23-22)20(24-25)15-16-7-3-4-9-21(16)27-2/h3-4,7,9-13,23H,5-6,8,14-15H2,1-2H3. The van der Waals surface area contributed by atoms with Gasteiger partial charge in [0.05, 0.1) is 25.6 Å². The van der Waals surface area contributed by atoms with Crippen molar-refractivity contribution in [3.63, 3.8) is 0 Å². The van der Waals surface area contributed by atoms with Crippen molar-refractivity contribution in [2.75, 3.05) is 26.1 Å². The van der Waals surface area contributed by atoms with E-state index < -0.39 is 0 Å². The predicted molar refractivity (Wildman–Crippen MR) is 107 cm³/mol. The van der Waals surface area contributed by atoms with Crippen molar-refractivity contribution in [3.8, 4) is 17.2 Å². The van der Waals surface area contributed by atoms with Crippen LogP contribution in [0.1, 0.15) is 29.7 Å². The Bertz CT molecular complexity index is 916. The summed E-state index contributed by atoms with van der Waals surface area (Å²) in [6.45, 7) is 0.975. The van der Waals surface area contributed by atoms with Gasteiger partial charge in [-0.15, -0.1) is 0 Å². The fourth-order valence-electron chi connectivity index (χ4n) is 3.66. The fourth-order valence-corrected chi connectivity index (χ4v) is 3.66. The average molecular weight is 363 g/mol. The average Bonchev–Trinajstić information content (AvgIpc) is 2.89. The third kappa shape index (κ3) is 3.50. The Kier molecular flexibility index (Phi) is 5.01. The topological polar surface area (TPSA) is 48.3 Å². The number of rotatable bonds is 5. The van der Waals surface area contributed by atoms with E-state index in [1.807, 2.05) is 41.1 Å². The zero-order valence-corrected chi connectivity index (χ0v) is 15.9. The van der Waals surface area contributed by atoms with E-state index in [9.17, 15) is 0 Å². The van der Waals surface area contributed by atoms with Gasteiger partial charge in [0, 0.05) is 24.1 Å². The van der Waals surface area contributed by atoms with Crippen molar-refractivity contribution in [2.24, 2.45) is 0 Å². The van der Waals surface area contributed by atoms with Gasteiger partial charge in [0.15, 0.2) is 0 Å². The van der Waals surface area contributed by atoms with Crippen LogP contribution in [0.15, 0.2) is 48.5 Å². The predicted octanol–water partition coefficient (Wildman–Crippen LogP) is 4.23. The SMILES string of the molecule is COc1ccc(-n2nc(Cc3ccccc3OC)c3c2NCCCC3)cc1. The maximum atomic E-state index is 5.54.